The Kier molecular flexibility index (Phi) is 3.43. The maximum Gasteiger partial charge on any atom is 0.216 e. The number of hydrogen-bond acceptors (Lipinski definition) is 4. The zero-order chi connectivity index (χ0) is 11.5. The molecule has 0 unspecified atom stereocenters. The fourth-order valence-corrected chi connectivity index (χ4v) is 1.72. The summed E-state index contributed by atoms with van der Waals surface area (Å²) in [5, 5.41) is 13.8. The number of carbonyl (C=O) groups excluding carboxylic acids is 1. The van der Waals surface area contributed by atoms with Crippen molar-refractivity contribution in [3.05, 3.63) is 29.8 Å². The van der Waals surface area contributed by atoms with Gasteiger partial charge in [-0.05, 0) is 17.7 Å². The van der Waals surface area contributed by atoms with Crippen LogP contribution in [0.15, 0.2) is 24.3 Å². The maximum absolute atomic E-state index is 11.2. The second-order valence-corrected chi connectivity index (χ2v) is 4.81. The number of rotatable bonds is 4. The Balaban J connectivity index is 2.67. The minimum atomic E-state index is -3.77. The molecule has 0 aliphatic rings. The van der Waals surface area contributed by atoms with E-state index in [2.05, 4.69) is 0 Å². The van der Waals surface area contributed by atoms with Crippen molar-refractivity contribution in [2.45, 2.75) is 6.42 Å². The molecule has 0 saturated carbocycles. The molecule has 15 heavy (non-hydrogen) atoms. The first kappa shape index (κ1) is 11.7. The van der Waals surface area contributed by atoms with Crippen LogP contribution < -0.4 is 5.14 Å². The van der Waals surface area contributed by atoms with E-state index in [9.17, 15) is 13.2 Å². The van der Waals surface area contributed by atoms with Crippen LogP contribution in [0.25, 0.3) is 0 Å². The second-order valence-electron chi connectivity index (χ2n) is 3.19. The standard InChI is InChI=1S/C9H11NO4S/c10-15(13,14)6-9(12)5-7-2-1-3-8(11)4-7/h1-4,11H,5-6H2,(H2,10,13,14). The van der Waals surface area contributed by atoms with Crippen molar-refractivity contribution in [3.63, 3.8) is 0 Å². The number of primary sulfonamides is 1. The van der Waals surface area contributed by atoms with Crippen LogP contribution in [0, 0.1) is 0 Å². The molecule has 0 saturated heterocycles. The summed E-state index contributed by atoms with van der Waals surface area (Å²) in [6, 6.07) is 6.07. The number of sulfonamides is 1. The molecular weight excluding hydrogens is 218 g/mol. The van der Waals surface area contributed by atoms with Gasteiger partial charge in [-0.3, -0.25) is 4.79 Å². The van der Waals surface area contributed by atoms with Crippen molar-refractivity contribution < 1.29 is 18.3 Å². The first-order valence-electron chi connectivity index (χ1n) is 4.17. The third-order valence-electron chi connectivity index (χ3n) is 1.67. The highest BCUT2D eigenvalue weighted by Gasteiger charge is 2.11. The van der Waals surface area contributed by atoms with Gasteiger partial charge < -0.3 is 5.11 Å². The Morgan fingerprint density at radius 3 is 2.60 bits per heavy atom. The van der Waals surface area contributed by atoms with Gasteiger partial charge in [-0.1, -0.05) is 12.1 Å². The first-order chi connectivity index (χ1) is 6.87. The molecule has 0 aliphatic carbocycles. The molecule has 0 atom stereocenters. The normalized spacial score (nSPS) is 11.3. The van der Waals surface area contributed by atoms with Crippen molar-refractivity contribution >= 4 is 15.8 Å². The highest BCUT2D eigenvalue weighted by molar-refractivity contribution is 7.89. The highest BCUT2D eigenvalue weighted by atomic mass is 32.2. The molecule has 0 heterocycles. The van der Waals surface area contributed by atoms with Crippen molar-refractivity contribution in [2.24, 2.45) is 5.14 Å². The molecule has 5 nitrogen and oxygen atoms in total. The maximum atomic E-state index is 11.2. The number of aromatic hydroxyl groups is 1. The van der Waals surface area contributed by atoms with E-state index < -0.39 is 21.6 Å². The molecule has 0 radical (unpaired) electrons. The number of hydrogen-bond donors (Lipinski definition) is 2. The van der Waals surface area contributed by atoms with E-state index in [1.165, 1.54) is 12.1 Å². The van der Waals surface area contributed by atoms with Crippen LogP contribution in [0.3, 0.4) is 0 Å². The van der Waals surface area contributed by atoms with Gasteiger partial charge >= 0.3 is 0 Å². The quantitative estimate of drug-likeness (QED) is 0.746. The van der Waals surface area contributed by atoms with Gasteiger partial charge in [-0.2, -0.15) is 0 Å². The SMILES string of the molecule is NS(=O)(=O)CC(=O)Cc1cccc(O)c1. The Morgan fingerprint density at radius 2 is 2.07 bits per heavy atom. The lowest BCUT2D eigenvalue weighted by atomic mass is 10.1. The Bertz CT molecular complexity index is 467. The molecule has 1 rings (SSSR count). The largest absolute Gasteiger partial charge is 0.508 e. The Morgan fingerprint density at radius 1 is 1.40 bits per heavy atom. The van der Waals surface area contributed by atoms with Crippen molar-refractivity contribution in [3.8, 4) is 5.75 Å². The molecule has 0 fully saturated rings. The van der Waals surface area contributed by atoms with E-state index in [1.807, 2.05) is 0 Å². The number of ketones is 1. The molecule has 0 bridgehead atoms. The van der Waals surface area contributed by atoms with Gasteiger partial charge in [0, 0.05) is 6.42 Å². The van der Waals surface area contributed by atoms with Crippen molar-refractivity contribution in [1.29, 1.82) is 0 Å². The summed E-state index contributed by atoms with van der Waals surface area (Å²) in [5.74, 6) is -1.14. The van der Waals surface area contributed by atoms with E-state index >= 15 is 0 Å². The van der Waals surface area contributed by atoms with Gasteiger partial charge in [0.1, 0.15) is 11.5 Å². The number of Topliss-reactive ketones (excluding diaryl/α,β-unsaturated/α-hetero) is 1. The second kappa shape index (κ2) is 4.41. The Labute approximate surface area is 87.6 Å². The smallest absolute Gasteiger partial charge is 0.216 e. The fraction of sp³-hybridized carbons (Fsp3) is 0.222. The molecule has 6 heteroatoms. The minimum absolute atomic E-state index is 0.0379. The average molecular weight is 229 g/mol. The van der Waals surface area contributed by atoms with E-state index in [-0.39, 0.29) is 12.2 Å². The molecule has 0 spiro atoms. The fourth-order valence-electron chi connectivity index (χ4n) is 1.17. The van der Waals surface area contributed by atoms with Crippen LogP contribution in [0.4, 0.5) is 0 Å². The van der Waals surface area contributed by atoms with Crippen molar-refractivity contribution in [1.82, 2.24) is 0 Å². The van der Waals surface area contributed by atoms with Crippen LogP contribution in [-0.4, -0.2) is 25.1 Å². The third-order valence-corrected chi connectivity index (χ3v) is 2.40. The molecule has 1 aromatic rings. The van der Waals surface area contributed by atoms with Gasteiger partial charge in [0.15, 0.2) is 5.78 Å². The molecule has 0 amide bonds. The van der Waals surface area contributed by atoms with E-state index in [1.54, 1.807) is 12.1 Å². The minimum Gasteiger partial charge on any atom is -0.508 e. The zero-order valence-corrected chi connectivity index (χ0v) is 8.70. The van der Waals surface area contributed by atoms with E-state index in [0.717, 1.165) is 0 Å². The van der Waals surface area contributed by atoms with Crippen LogP contribution in [0.1, 0.15) is 5.56 Å². The Hall–Kier alpha value is -1.40. The lowest BCUT2D eigenvalue weighted by Gasteiger charge is -2.00. The predicted octanol–water partition coefficient (Wildman–Crippen LogP) is -0.208. The summed E-state index contributed by atoms with van der Waals surface area (Å²) in [6.45, 7) is 0. The van der Waals surface area contributed by atoms with Crippen molar-refractivity contribution in [2.75, 3.05) is 5.75 Å². The van der Waals surface area contributed by atoms with Crippen LogP contribution in [0.2, 0.25) is 0 Å². The monoisotopic (exact) mass is 229 g/mol. The van der Waals surface area contributed by atoms with Gasteiger partial charge in [-0.25, -0.2) is 13.6 Å². The molecule has 82 valence electrons. The lowest BCUT2D eigenvalue weighted by molar-refractivity contribution is -0.116. The van der Waals surface area contributed by atoms with Gasteiger partial charge in [0.25, 0.3) is 0 Å². The number of phenols is 1. The highest BCUT2D eigenvalue weighted by Crippen LogP contribution is 2.11. The molecule has 0 aliphatic heterocycles. The number of nitrogens with two attached hydrogens (primary N) is 1. The topological polar surface area (TPSA) is 97.5 Å². The van der Waals surface area contributed by atoms with E-state index in [4.69, 9.17) is 10.2 Å². The molecule has 3 N–H and O–H groups in total. The zero-order valence-electron chi connectivity index (χ0n) is 7.88. The molecular formula is C9H11NO4S. The number of carbonyl (C=O) groups is 1. The summed E-state index contributed by atoms with van der Waals surface area (Å²) in [6.07, 6.45) is -0.0508. The summed E-state index contributed by atoms with van der Waals surface area (Å²) in [7, 11) is -3.77. The van der Waals surface area contributed by atoms with Crippen LogP contribution in [0.5, 0.6) is 5.75 Å². The van der Waals surface area contributed by atoms with Gasteiger partial charge in [0.2, 0.25) is 10.0 Å². The predicted molar refractivity (Wildman–Crippen MR) is 54.8 cm³/mol. The lowest BCUT2D eigenvalue weighted by Crippen LogP contribution is -2.24. The summed E-state index contributed by atoms with van der Waals surface area (Å²) in [4.78, 5) is 11.2. The van der Waals surface area contributed by atoms with Crippen LogP contribution >= 0.6 is 0 Å². The van der Waals surface area contributed by atoms with Crippen LogP contribution in [-0.2, 0) is 21.2 Å². The van der Waals surface area contributed by atoms with Gasteiger partial charge in [-0.15, -0.1) is 0 Å². The summed E-state index contributed by atoms with van der Waals surface area (Å²) in [5.41, 5.74) is 0.559. The third kappa shape index (κ3) is 4.57. The molecule has 1 aromatic carbocycles. The first-order valence-corrected chi connectivity index (χ1v) is 5.88. The molecule has 0 aromatic heterocycles. The van der Waals surface area contributed by atoms with Gasteiger partial charge in [0.05, 0.1) is 0 Å². The number of benzene rings is 1. The van der Waals surface area contributed by atoms with E-state index in [0.29, 0.717) is 5.56 Å². The summed E-state index contributed by atoms with van der Waals surface area (Å²) < 4.78 is 21.2. The average Bonchev–Trinajstić information content (AvgIpc) is 1.99. The summed E-state index contributed by atoms with van der Waals surface area (Å²) >= 11 is 0. The number of phenolic OH excluding ortho intramolecular Hbond substituents is 1.